The number of thioether (sulfide) groups is 1. The molecule has 7 nitrogen and oxygen atoms in total. The minimum Gasteiger partial charge on any atom is -0.370 e. The zero-order valence-electron chi connectivity index (χ0n) is 17.1. The number of rotatable bonds is 9. The number of primary amides is 1. The topological polar surface area (TPSA) is 94.1 Å². The monoisotopic (exact) mass is 423 g/mol. The molecule has 2 aromatic carbocycles. The van der Waals surface area contributed by atoms with Crippen molar-refractivity contribution < 1.29 is 9.59 Å². The van der Waals surface area contributed by atoms with E-state index in [1.165, 1.54) is 11.8 Å². The fraction of sp³-hybridized carbons (Fsp3) is 0.273. The van der Waals surface area contributed by atoms with Gasteiger partial charge < -0.3 is 15.2 Å². The van der Waals surface area contributed by atoms with Crippen LogP contribution in [0.3, 0.4) is 0 Å². The molecule has 0 unspecified atom stereocenters. The Kier molecular flexibility index (Phi) is 7.24. The van der Waals surface area contributed by atoms with Crippen LogP contribution in [0.5, 0.6) is 0 Å². The highest BCUT2D eigenvalue weighted by atomic mass is 32.2. The molecule has 2 N–H and O–H groups in total. The van der Waals surface area contributed by atoms with Gasteiger partial charge in [0.1, 0.15) is 5.82 Å². The van der Waals surface area contributed by atoms with Crippen LogP contribution in [0.2, 0.25) is 0 Å². The van der Waals surface area contributed by atoms with Crippen LogP contribution < -0.4 is 10.6 Å². The van der Waals surface area contributed by atoms with Crippen molar-refractivity contribution in [1.29, 1.82) is 0 Å². The number of aryl methyl sites for hydroxylation is 2. The molecular formula is C22H25N5O2S. The Morgan fingerprint density at radius 2 is 1.87 bits per heavy atom. The first-order chi connectivity index (χ1) is 14.4. The fourth-order valence-electron chi connectivity index (χ4n) is 3.01. The summed E-state index contributed by atoms with van der Waals surface area (Å²) in [4.78, 5) is 25.9. The van der Waals surface area contributed by atoms with Crippen LogP contribution in [-0.4, -0.2) is 32.3 Å². The molecule has 3 aromatic rings. The standard InChI is InChI=1S/C22H25N5O2S/c1-16-7-6-10-18(13-16)27(14-17-8-4-3-5-9-17)21(29)15-30-22-25-24-20(26(22)2)12-11-19(23)28/h3-10,13H,11-12,14-15H2,1-2H3,(H2,23,28). The second kappa shape index (κ2) is 10.1. The summed E-state index contributed by atoms with van der Waals surface area (Å²) < 4.78 is 1.80. The molecule has 0 bridgehead atoms. The summed E-state index contributed by atoms with van der Waals surface area (Å²) >= 11 is 1.33. The normalized spacial score (nSPS) is 10.7. The summed E-state index contributed by atoms with van der Waals surface area (Å²) in [5, 5.41) is 8.89. The number of hydrogen-bond acceptors (Lipinski definition) is 5. The van der Waals surface area contributed by atoms with Gasteiger partial charge in [-0.3, -0.25) is 9.59 Å². The predicted octanol–water partition coefficient (Wildman–Crippen LogP) is 2.87. The maximum Gasteiger partial charge on any atom is 0.237 e. The van der Waals surface area contributed by atoms with Crippen molar-refractivity contribution in [2.24, 2.45) is 12.8 Å². The van der Waals surface area contributed by atoms with Crippen LogP contribution in [0.25, 0.3) is 0 Å². The highest BCUT2D eigenvalue weighted by molar-refractivity contribution is 7.99. The summed E-state index contributed by atoms with van der Waals surface area (Å²) in [6, 6.07) is 17.8. The number of nitrogens with two attached hydrogens (primary N) is 1. The van der Waals surface area contributed by atoms with Gasteiger partial charge in [-0.2, -0.15) is 0 Å². The van der Waals surface area contributed by atoms with Gasteiger partial charge in [0.05, 0.1) is 12.3 Å². The summed E-state index contributed by atoms with van der Waals surface area (Å²) in [5.41, 5.74) is 8.23. The third kappa shape index (κ3) is 5.70. The van der Waals surface area contributed by atoms with Crippen molar-refractivity contribution in [3.63, 3.8) is 0 Å². The summed E-state index contributed by atoms with van der Waals surface area (Å²) in [6.45, 7) is 2.50. The molecule has 0 saturated carbocycles. The van der Waals surface area contributed by atoms with Crippen LogP contribution >= 0.6 is 11.8 Å². The van der Waals surface area contributed by atoms with Crippen LogP contribution in [0.1, 0.15) is 23.4 Å². The molecule has 3 rings (SSSR count). The van der Waals surface area contributed by atoms with E-state index in [0.29, 0.717) is 23.9 Å². The minimum absolute atomic E-state index is 0.0175. The van der Waals surface area contributed by atoms with Gasteiger partial charge in [0.15, 0.2) is 5.16 Å². The van der Waals surface area contributed by atoms with E-state index in [9.17, 15) is 9.59 Å². The third-order valence-corrected chi connectivity index (χ3v) is 5.65. The average molecular weight is 424 g/mol. The van der Waals surface area contributed by atoms with Crippen molar-refractivity contribution in [3.05, 3.63) is 71.5 Å². The Morgan fingerprint density at radius 3 is 2.57 bits per heavy atom. The van der Waals surface area contributed by atoms with E-state index >= 15 is 0 Å². The Bertz CT molecular complexity index is 1020. The van der Waals surface area contributed by atoms with E-state index < -0.39 is 0 Å². The summed E-state index contributed by atoms with van der Waals surface area (Å²) in [5.74, 6) is 0.500. The highest BCUT2D eigenvalue weighted by Gasteiger charge is 2.19. The van der Waals surface area contributed by atoms with E-state index in [-0.39, 0.29) is 24.0 Å². The zero-order valence-corrected chi connectivity index (χ0v) is 17.9. The molecule has 0 radical (unpaired) electrons. The van der Waals surface area contributed by atoms with Crippen molar-refractivity contribution in [2.75, 3.05) is 10.7 Å². The van der Waals surface area contributed by atoms with Crippen molar-refractivity contribution in [2.45, 2.75) is 31.5 Å². The van der Waals surface area contributed by atoms with Gasteiger partial charge in [-0.05, 0) is 30.2 Å². The number of nitrogens with zero attached hydrogens (tertiary/aromatic N) is 4. The van der Waals surface area contributed by atoms with Crippen LogP contribution in [0.15, 0.2) is 59.8 Å². The summed E-state index contributed by atoms with van der Waals surface area (Å²) in [7, 11) is 1.82. The van der Waals surface area contributed by atoms with Gasteiger partial charge in [0.25, 0.3) is 0 Å². The molecule has 0 spiro atoms. The number of amides is 2. The molecule has 1 heterocycles. The minimum atomic E-state index is -0.378. The van der Waals surface area contributed by atoms with Crippen molar-refractivity contribution >= 4 is 29.3 Å². The molecule has 0 aliphatic heterocycles. The molecule has 0 aliphatic rings. The maximum atomic E-state index is 13.2. The highest BCUT2D eigenvalue weighted by Crippen LogP contribution is 2.22. The Morgan fingerprint density at radius 1 is 1.10 bits per heavy atom. The molecule has 0 saturated heterocycles. The number of carbonyl (C=O) groups excluding carboxylic acids is 2. The van der Waals surface area contributed by atoms with Crippen LogP contribution in [0.4, 0.5) is 5.69 Å². The number of aromatic nitrogens is 3. The van der Waals surface area contributed by atoms with Gasteiger partial charge in [-0.1, -0.05) is 54.2 Å². The lowest BCUT2D eigenvalue weighted by Gasteiger charge is -2.23. The van der Waals surface area contributed by atoms with Gasteiger partial charge in [0.2, 0.25) is 11.8 Å². The molecule has 156 valence electrons. The largest absolute Gasteiger partial charge is 0.370 e. The second-order valence-electron chi connectivity index (χ2n) is 7.02. The van der Waals surface area contributed by atoms with E-state index in [1.807, 2.05) is 68.6 Å². The van der Waals surface area contributed by atoms with Gasteiger partial charge in [-0.25, -0.2) is 0 Å². The fourth-order valence-corrected chi connectivity index (χ4v) is 3.82. The molecular weight excluding hydrogens is 398 g/mol. The van der Waals surface area contributed by atoms with Gasteiger partial charge >= 0.3 is 0 Å². The van der Waals surface area contributed by atoms with E-state index in [4.69, 9.17) is 5.73 Å². The third-order valence-electron chi connectivity index (χ3n) is 4.64. The first-order valence-electron chi connectivity index (χ1n) is 9.64. The van der Waals surface area contributed by atoms with Gasteiger partial charge in [-0.15, -0.1) is 10.2 Å². The summed E-state index contributed by atoms with van der Waals surface area (Å²) in [6.07, 6.45) is 0.643. The van der Waals surface area contributed by atoms with Crippen LogP contribution in [0, 0.1) is 6.92 Å². The number of benzene rings is 2. The van der Waals surface area contributed by atoms with E-state index in [2.05, 4.69) is 10.2 Å². The number of hydrogen-bond donors (Lipinski definition) is 1. The molecule has 0 aliphatic carbocycles. The quantitative estimate of drug-likeness (QED) is 0.534. The second-order valence-corrected chi connectivity index (χ2v) is 7.96. The average Bonchev–Trinajstić information content (AvgIpc) is 3.09. The van der Waals surface area contributed by atoms with Crippen molar-refractivity contribution in [3.8, 4) is 0 Å². The number of carbonyl (C=O) groups is 2. The molecule has 0 atom stereocenters. The number of anilines is 1. The lowest BCUT2D eigenvalue weighted by Crippen LogP contribution is -2.32. The molecule has 0 fully saturated rings. The molecule has 30 heavy (non-hydrogen) atoms. The maximum absolute atomic E-state index is 13.2. The van der Waals surface area contributed by atoms with Gasteiger partial charge in [0, 0.05) is 25.6 Å². The SMILES string of the molecule is Cc1cccc(N(Cc2ccccc2)C(=O)CSc2nnc(CCC(N)=O)n2C)c1. The van der Waals surface area contributed by atoms with Crippen molar-refractivity contribution in [1.82, 2.24) is 14.8 Å². The molecule has 1 aromatic heterocycles. The Hall–Kier alpha value is -3.13. The zero-order chi connectivity index (χ0) is 21.5. The Balaban J connectivity index is 1.73. The van der Waals surface area contributed by atoms with E-state index in [0.717, 1.165) is 16.8 Å². The predicted molar refractivity (Wildman–Crippen MR) is 118 cm³/mol. The first-order valence-corrected chi connectivity index (χ1v) is 10.6. The smallest absolute Gasteiger partial charge is 0.237 e. The van der Waals surface area contributed by atoms with Crippen LogP contribution in [-0.2, 0) is 29.6 Å². The first kappa shape index (κ1) is 21.6. The lowest BCUT2D eigenvalue weighted by atomic mass is 10.1. The molecule has 2 amide bonds. The Labute approximate surface area is 180 Å². The van der Waals surface area contributed by atoms with E-state index in [1.54, 1.807) is 9.47 Å². The molecule has 8 heteroatoms. The lowest BCUT2D eigenvalue weighted by molar-refractivity contribution is -0.118.